The van der Waals surface area contributed by atoms with Crippen molar-refractivity contribution >= 4 is 27.5 Å². The molecule has 2 heterocycles. The van der Waals surface area contributed by atoms with Gasteiger partial charge in [0.05, 0.1) is 17.8 Å². The second-order valence-electron chi connectivity index (χ2n) is 4.29. The van der Waals surface area contributed by atoms with Crippen LogP contribution >= 0.6 is 11.3 Å². The van der Waals surface area contributed by atoms with Crippen LogP contribution in [-0.2, 0) is 16.1 Å². The number of carbonyl (C=O) groups is 1. The first kappa shape index (κ1) is 12.8. The molecule has 0 saturated heterocycles. The van der Waals surface area contributed by atoms with Gasteiger partial charge in [-0.15, -0.1) is 11.3 Å². The second-order valence-corrected chi connectivity index (χ2v) is 5.53. The van der Waals surface area contributed by atoms with E-state index < -0.39 is 5.97 Å². The minimum absolute atomic E-state index is 0.102. The molecule has 0 aliphatic rings. The summed E-state index contributed by atoms with van der Waals surface area (Å²) in [7, 11) is 0. The average Bonchev–Trinajstić information content (AvgIpc) is 2.63. The lowest BCUT2D eigenvalue weighted by molar-refractivity contribution is -0.148. The van der Waals surface area contributed by atoms with E-state index in [0.29, 0.717) is 10.2 Å². The van der Waals surface area contributed by atoms with E-state index in [0.717, 1.165) is 4.88 Å². The Morgan fingerprint density at radius 1 is 1.56 bits per heavy atom. The Morgan fingerprint density at radius 3 is 2.94 bits per heavy atom. The van der Waals surface area contributed by atoms with E-state index in [9.17, 15) is 9.59 Å². The van der Waals surface area contributed by atoms with Gasteiger partial charge in [-0.3, -0.25) is 14.2 Å². The minimum atomic E-state index is -0.430. The molecule has 18 heavy (non-hydrogen) atoms. The zero-order valence-corrected chi connectivity index (χ0v) is 11.3. The zero-order valence-electron chi connectivity index (χ0n) is 10.5. The lowest BCUT2D eigenvalue weighted by Crippen LogP contribution is -2.26. The Bertz CT molecular complexity index is 642. The zero-order chi connectivity index (χ0) is 13.3. The van der Waals surface area contributed by atoms with Gasteiger partial charge in [-0.25, -0.2) is 4.98 Å². The number of esters is 1. The van der Waals surface area contributed by atoms with Crippen LogP contribution in [0, 0.1) is 6.92 Å². The molecule has 0 fully saturated rings. The molecule has 0 unspecified atom stereocenters. The lowest BCUT2D eigenvalue weighted by Gasteiger charge is -2.08. The number of hydrogen-bond acceptors (Lipinski definition) is 5. The molecule has 96 valence electrons. The summed E-state index contributed by atoms with van der Waals surface area (Å²) in [6, 6.07) is 1.79. The molecule has 6 heteroatoms. The largest absolute Gasteiger partial charge is 0.462 e. The second kappa shape index (κ2) is 4.89. The van der Waals surface area contributed by atoms with Crippen LogP contribution in [-0.4, -0.2) is 21.6 Å². The standard InChI is InChI=1S/C12H14N2O3S/c1-7(2)17-10(15)5-14-6-13-11-9(12(14)16)4-8(3)18-11/h4,6-7H,5H2,1-3H3. The van der Waals surface area contributed by atoms with Crippen molar-refractivity contribution in [2.45, 2.75) is 33.4 Å². The van der Waals surface area contributed by atoms with Gasteiger partial charge in [0.2, 0.25) is 0 Å². The predicted molar refractivity (Wildman–Crippen MR) is 69.8 cm³/mol. The number of aryl methyl sites for hydroxylation is 1. The molecule has 5 nitrogen and oxygen atoms in total. The van der Waals surface area contributed by atoms with Crippen LogP contribution in [0.25, 0.3) is 10.2 Å². The Morgan fingerprint density at radius 2 is 2.28 bits per heavy atom. The summed E-state index contributed by atoms with van der Waals surface area (Å²) < 4.78 is 6.28. The first-order chi connectivity index (χ1) is 8.47. The number of carbonyl (C=O) groups excluding carboxylic acids is 1. The smallest absolute Gasteiger partial charge is 0.326 e. The molecule has 0 saturated carbocycles. The third kappa shape index (κ3) is 2.59. The van der Waals surface area contributed by atoms with Gasteiger partial charge < -0.3 is 4.74 Å². The molecule has 0 aromatic carbocycles. The van der Waals surface area contributed by atoms with Crippen LogP contribution < -0.4 is 5.56 Å². The highest BCUT2D eigenvalue weighted by atomic mass is 32.1. The number of ether oxygens (including phenoxy) is 1. The van der Waals surface area contributed by atoms with E-state index in [1.807, 2.05) is 6.92 Å². The van der Waals surface area contributed by atoms with Crippen LogP contribution in [0.15, 0.2) is 17.2 Å². The van der Waals surface area contributed by atoms with Crippen LogP contribution in [0.2, 0.25) is 0 Å². The van der Waals surface area contributed by atoms with Gasteiger partial charge in [-0.2, -0.15) is 0 Å². The highest BCUT2D eigenvalue weighted by Crippen LogP contribution is 2.19. The van der Waals surface area contributed by atoms with Gasteiger partial charge in [0.15, 0.2) is 0 Å². The van der Waals surface area contributed by atoms with Crippen molar-refractivity contribution < 1.29 is 9.53 Å². The lowest BCUT2D eigenvalue weighted by atomic mass is 10.3. The van der Waals surface area contributed by atoms with E-state index in [1.165, 1.54) is 22.2 Å². The van der Waals surface area contributed by atoms with Gasteiger partial charge in [0.1, 0.15) is 11.4 Å². The highest BCUT2D eigenvalue weighted by molar-refractivity contribution is 7.18. The fourth-order valence-corrected chi connectivity index (χ4v) is 2.47. The number of hydrogen-bond donors (Lipinski definition) is 0. The fraction of sp³-hybridized carbons (Fsp3) is 0.417. The van der Waals surface area contributed by atoms with Crippen molar-refractivity contribution in [3.63, 3.8) is 0 Å². The molecule has 0 aliphatic heterocycles. The summed E-state index contributed by atoms with van der Waals surface area (Å²) in [6.07, 6.45) is 1.20. The summed E-state index contributed by atoms with van der Waals surface area (Å²) >= 11 is 1.46. The molecule has 2 aromatic heterocycles. The fourth-order valence-electron chi connectivity index (χ4n) is 1.63. The molecular weight excluding hydrogens is 252 g/mol. The predicted octanol–water partition coefficient (Wildman–Crippen LogP) is 1.72. The summed E-state index contributed by atoms with van der Waals surface area (Å²) in [6.45, 7) is 5.35. The maximum Gasteiger partial charge on any atom is 0.326 e. The molecule has 0 bridgehead atoms. The van der Waals surface area contributed by atoms with Gasteiger partial charge in [0, 0.05) is 4.88 Å². The summed E-state index contributed by atoms with van der Waals surface area (Å²) in [4.78, 5) is 29.5. The van der Waals surface area contributed by atoms with Crippen molar-refractivity contribution in [3.05, 3.63) is 27.6 Å². The molecule has 0 atom stereocenters. The van der Waals surface area contributed by atoms with Crippen molar-refractivity contribution in [1.29, 1.82) is 0 Å². The van der Waals surface area contributed by atoms with Gasteiger partial charge in [-0.1, -0.05) is 0 Å². The molecule has 0 aliphatic carbocycles. The van der Waals surface area contributed by atoms with Gasteiger partial charge in [-0.05, 0) is 26.8 Å². The van der Waals surface area contributed by atoms with Gasteiger partial charge >= 0.3 is 5.97 Å². The third-order valence-corrected chi connectivity index (χ3v) is 3.27. The summed E-state index contributed by atoms with van der Waals surface area (Å²) in [5, 5.41) is 0.553. The van der Waals surface area contributed by atoms with Crippen LogP contribution in [0.1, 0.15) is 18.7 Å². The Kier molecular flexibility index (Phi) is 3.47. The van der Waals surface area contributed by atoms with Crippen molar-refractivity contribution in [2.24, 2.45) is 0 Å². The van der Waals surface area contributed by atoms with Crippen LogP contribution in [0.3, 0.4) is 0 Å². The molecular formula is C12H14N2O3S. The molecule has 0 amide bonds. The summed E-state index contributed by atoms with van der Waals surface area (Å²) in [5.74, 6) is -0.430. The minimum Gasteiger partial charge on any atom is -0.462 e. The topological polar surface area (TPSA) is 61.2 Å². The maximum atomic E-state index is 12.1. The first-order valence-corrected chi connectivity index (χ1v) is 6.44. The first-order valence-electron chi connectivity index (χ1n) is 5.62. The molecule has 0 radical (unpaired) electrons. The quantitative estimate of drug-likeness (QED) is 0.794. The number of nitrogens with zero attached hydrogens (tertiary/aromatic N) is 2. The molecule has 2 rings (SSSR count). The summed E-state index contributed by atoms with van der Waals surface area (Å²) in [5.41, 5.74) is -0.204. The van der Waals surface area contributed by atoms with Crippen LogP contribution in [0.4, 0.5) is 0 Å². The van der Waals surface area contributed by atoms with E-state index in [-0.39, 0.29) is 18.2 Å². The van der Waals surface area contributed by atoms with Crippen molar-refractivity contribution in [1.82, 2.24) is 9.55 Å². The van der Waals surface area contributed by atoms with Gasteiger partial charge in [0.25, 0.3) is 5.56 Å². The molecule has 0 spiro atoms. The van der Waals surface area contributed by atoms with Crippen molar-refractivity contribution in [2.75, 3.05) is 0 Å². The van der Waals surface area contributed by atoms with E-state index in [1.54, 1.807) is 19.9 Å². The Hall–Kier alpha value is -1.69. The number of rotatable bonds is 3. The number of fused-ring (bicyclic) bond motifs is 1. The number of aromatic nitrogens is 2. The highest BCUT2D eigenvalue weighted by Gasteiger charge is 2.11. The third-order valence-electron chi connectivity index (χ3n) is 2.31. The average molecular weight is 266 g/mol. The normalized spacial score (nSPS) is 11.1. The van der Waals surface area contributed by atoms with E-state index >= 15 is 0 Å². The van der Waals surface area contributed by atoms with E-state index in [2.05, 4.69) is 4.98 Å². The number of thiophene rings is 1. The Balaban J connectivity index is 2.32. The maximum absolute atomic E-state index is 12.1. The van der Waals surface area contributed by atoms with Crippen LogP contribution in [0.5, 0.6) is 0 Å². The molecule has 0 N–H and O–H groups in total. The monoisotopic (exact) mass is 266 g/mol. The Labute approximate surface area is 108 Å². The van der Waals surface area contributed by atoms with Crippen molar-refractivity contribution in [3.8, 4) is 0 Å². The SMILES string of the molecule is Cc1cc2c(=O)n(CC(=O)OC(C)C)cnc2s1. The van der Waals surface area contributed by atoms with E-state index in [4.69, 9.17) is 4.74 Å². The molecule has 2 aromatic rings.